The van der Waals surface area contributed by atoms with Gasteiger partial charge in [0, 0.05) is 56.4 Å². The molecule has 0 radical (unpaired) electrons. The van der Waals surface area contributed by atoms with Gasteiger partial charge in [-0.1, -0.05) is 36.7 Å². The summed E-state index contributed by atoms with van der Waals surface area (Å²) in [6, 6.07) is 7.80. The Morgan fingerprint density at radius 1 is 1.21 bits per heavy atom. The molecular weight excluding hydrogens is 396 g/mol. The first-order valence-corrected chi connectivity index (χ1v) is 11.3. The van der Waals surface area contributed by atoms with Crippen molar-refractivity contribution < 1.29 is 9.59 Å². The lowest BCUT2D eigenvalue weighted by atomic mass is 10.2. The lowest BCUT2D eigenvalue weighted by Crippen LogP contribution is -2.53. The topological polar surface area (TPSA) is 55.9 Å². The van der Waals surface area contributed by atoms with E-state index >= 15 is 0 Å². The van der Waals surface area contributed by atoms with Crippen LogP contribution in [0.2, 0.25) is 5.02 Å². The molecule has 1 N–H and O–H groups in total. The van der Waals surface area contributed by atoms with E-state index in [0.717, 1.165) is 51.3 Å². The van der Waals surface area contributed by atoms with Crippen LogP contribution in [-0.2, 0) is 4.79 Å². The van der Waals surface area contributed by atoms with Crippen LogP contribution in [0.5, 0.6) is 0 Å². The number of benzene rings is 1. The summed E-state index contributed by atoms with van der Waals surface area (Å²) in [6.45, 7) is 9.33. The highest BCUT2D eigenvalue weighted by molar-refractivity contribution is 8.01. The van der Waals surface area contributed by atoms with Crippen LogP contribution in [0.25, 0.3) is 0 Å². The Bertz CT molecular complexity index is 697. The van der Waals surface area contributed by atoms with Gasteiger partial charge in [-0.15, -0.1) is 11.8 Å². The SMILES string of the molecule is CCCNC(=O)N1CCN(CCN2C(=O)C(C)SC2c2ccccc2Cl)CC1. The highest BCUT2D eigenvalue weighted by Crippen LogP contribution is 2.44. The smallest absolute Gasteiger partial charge is 0.317 e. The molecule has 2 unspecified atom stereocenters. The molecule has 2 fully saturated rings. The number of hydrogen-bond donors (Lipinski definition) is 1. The van der Waals surface area contributed by atoms with Crippen molar-refractivity contribution in [3.05, 3.63) is 34.9 Å². The molecule has 1 aromatic carbocycles. The van der Waals surface area contributed by atoms with E-state index in [9.17, 15) is 9.59 Å². The average Bonchev–Trinajstić information content (AvgIpc) is 2.99. The molecule has 2 heterocycles. The number of rotatable bonds is 6. The number of nitrogens with one attached hydrogen (secondary N) is 1. The maximum atomic E-state index is 12.7. The van der Waals surface area contributed by atoms with Crippen LogP contribution in [0.1, 0.15) is 31.2 Å². The van der Waals surface area contributed by atoms with Crippen molar-refractivity contribution in [3.63, 3.8) is 0 Å². The minimum Gasteiger partial charge on any atom is -0.338 e. The predicted octanol–water partition coefficient (Wildman–Crippen LogP) is 3.04. The normalized spacial score (nSPS) is 23.3. The molecule has 2 atom stereocenters. The van der Waals surface area contributed by atoms with Crippen LogP contribution in [0.3, 0.4) is 0 Å². The van der Waals surface area contributed by atoms with E-state index in [1.165, 1.54) is 0 Å². The van der Waals surface area contributed by atoms with Gasteiger partial charge < -0.3 is 15.1 Å². The molecule has 0 aromatic heterocycles. The Hall–Kier alpha value is -1.44. The number of carbonyl (C=O) groups excluding carboxylic acids is 2. The Kier molecular flexibility index (Phi) is 7.48. The van der Waals surface area contributed by atoms with Gasteiger partial charge in [0.25, 0.3) is 0 Å². The van der Waals surface area contributed by atoms with Gasteiger partial charge in [-0.05, 0) is 19.4 Å². The van der Waals surface area contributed by atoms with Crippen LogP contribution < -0.4 is 5.32 Å². The zero-order chi connectivity index (χ0) is 20.1. The molecule has 2 saturated heterocycles. The highest BCUT2D eigenvalue weighted by atomic mass is 35.5. The Morgan fingerprint density at radius 2 is 1.93 bits per heavy atom. The van der Waals surface area contributed by atoms with Gasteiger partial charge in [0.2, 0.25) is 5.91 Å². The highest BCUT2D eigenvalue weighted by Gasteiger charge is 2.39. The fourth-order valence-electron chi connectivity index (χ4n) is 3.59. The zero-order valence-corrected chi connectivity index (χ0v) is 18.1. The zero-order valence-electron chi connectivity index (χ0n) is 16.6. The summed E-state index contributed by atoms with van der Waals surface area (Å²) in [4.78, 5) is 30.9. The maximum Gasteiger partial charge on any atom is 0.317 e. The van der Waals surface area contributed by atoms with Gasteiger partial charge in [-0.3, -0.25) is 9.69 Å². The molecule has 154 valence electrons. The number of carbonyl (C=O) groups is 2. The molecule has 1 aromatic rings. The first-order valence-electron chi connectivity index (χ1n) is 9.96. The van der Waals surface area contributed by atoms with Crippen molar-refractivity contribution >= 4 is 35.3 Å². The second-order valence-electron chi connectivity index (χ2n) is 7.24. The van der Waals surface area contributed by atoms with Crippen molar-refractivity contribution in [2.45, 2.75) is 30.9 Å². The van der Waals surface area contributed by atoms with E-state index in [0.29, 0.717) is 11.6 Å². The predicted molar refractivity (Wildman–Crippen MR) is 115 cm³/mol. The Morgan fingerprint density at radius 3 is 2.61 bits per heavy atom. The van der Waals surface area contributed by atoms with Crippen molar-refractivity contribution in [2.24, 2.45) is 0 Å². The summed E-state index contributed by atoms with van der Waals surface area (Å²) in [5, 5.41) is 3.56. The average molecular weight is 425 g/mol. The largest absolute Gasteiger partial charge is 0.338 e. The first kappa shape index (κ1) is 21.3. The summed E-state index contributed by atoms with van der Waals surface area (Å²) in [7, 11) is 0. The molecule has 3 amide bonds. The number of piperazine rings is 1. The second kappa shape index (κ2) is 9.85. The van der Waals surface area contributed by atoms with Crippen molar-refractivity contribution in [1.82, 2.24) is 20.0 Å². The van der Waals surface area contributed by atoms with E-state index in [4.69, 9.17) is 11.6 Å². The van der Waals surface area contributed by atoms with Gasteiger partial charge >= 0.3 is 6.03 Å². The van der Waals surface area contributed by atoms with Crippen molar-refractivity contribution in [1.29, 1.82) is 0 Å². The molecule has 3 rings (SSSR count). The number of nitrogens with zero attached hydrogens (tertiary/aromatic N) is 3. The summed E-state index contributed by atoms with van der Waals surface area (Å²) in [5.74, 6) is 0.174. The number of urea groups is 1. The summed E-state index contributed by atoms with van der Waals surface area (Å²) in [5.41, 5.74) is 1.00. The van der Waals surface area contributed by atoms with Crippen LogP contribution >= 0.6 is 23.4 Å². The van der Waals surface area contributed by atoms with E-state index in [2.05, 4.69) is 10.2 Å². The number of halogens is 1. The number of amides is 3. The van der Waals surface area contributed by atoms with E-state index < -0.39 is 0 Å². The quantitative estimate of drug-likeness (QED) is 0.762. The molecule has 0 saturated carbocycles. The second-order valence-corrected chi connectivity index (χ2v) is 9.08. The van der Waals surface area contributed by atoms with Crippen molar-refractivity contribution in [3.8, 4) is 0 Å². The standard InChI is InChI=1S/C20H29ClN4O2S/c1-3-8-22-20(27)24-12-9-23(10-13-24)11-14-25-18(26)15(2)28-19(25)16-6-4-5-7-17(16)21/h4-7,15,19H,3,8-14H2,1-2H3,(H,22,27). The fourth-order valence-corrected chi connectivity index (χ4v) is 5.24. The molecule has 0 aliphatic carbocycles. The van der Waals surface area contributed by atoms with Gasteiger partial charge in [0.05, 0.1) is 5.25 Å². The third kappa shape index (κ3) is 4.93. The molecule has 6 nitrogen and oxygen atoms in total. The van der Waals surface area contributed by atoms with Gasteiger partial charge in [0.1, 0.15) is 5.37 Å². The lowest BCUT2D eigenvalue weighted by Gasteiger charge is -2.36. The Balaban J connectivity index is 1.54. The molecule has 0 bridgehead atoms. The monoisotopic (exact) mass is 424 g/mol. The summed E-state index contributed by atoms with van der Waals surface area (Å²) < 4.78 is 0. The van der Waals surface area contributed by atoms with Crippen LogP contribution in [-0.4, -0.2) is 77.7 Å². The molecule has 2 aliphatic rings. The first-order chi connectivity index (χ1) is 13.5. The summed E-state index contributed by atoms with van der Waals surface area (Å²) in [6.07, 6.45) is 0.943. The number of thioether (sulfide) groups is 1. The molecule has 28 heavy (non-hydrogen) atoms. The molecule has 8 heteroatoms. The third-order valence-electron chi connectivity index (χ3n) is 5.26. The van der Waals surface area contributed by atoms with E-state index in [1.807, 2.05) is 47.9 Å². The van der Waals surface area contributed by atoms with E-state index in [-0.39, 0.29) is 22.6 Å². The maximum absolute atomic E-state index is 12.7. The minimum absolute atomic E-state index is 0.0280. The van der Waals surface area contributed by atoms with Crippen LogP contribution in [0.4, 0.5) is 4.79 Å². The van der Waals surface area contributed by atoms with Gasteiger partial charge in [-0.25, -0.2) is 4.79 Å². The van der Waals surface area contributed by atoms with Crippen LogP contribution in [0, 0.1) is 0 Å². The number of hydrogen-bond acceptors (Lipinski definition) is 4. The van der Waals surface area contributed by atoms with Crippen molar-refractivity contribution in [2.75, 3.05) is 45.8 Å². The minimum atomic E-state index is -0.0552. The lowest BCUT2D eigenvalue weighted by molar-refractivity contribution is -0.130. The Labute approximate surface area is 176 Å². The van der Waals surface area contributed by atoms with Gasteiger partial charge in [0.15, 0.2) is 0 Å². The fraction of sp³-hybridized carbons (Fsp3) is 0.600. The van der Waals surface area contributed by atoms with Crippen LogP contribution in [0.15, 0.2) is 24.3 Å². The summed E-state index contributed by atoms with van der Waals surface area (Å²) >= 11 is 8.05. The van der Waals surface area contributed by atoms with E-state index in [1.54, 1.807) is 11.8 Å². The molecular formula is C20H29ClN4O2S. The third-order valence-corrected chi connectivity index (χ3v) is 6.98. The van der Waals surface area contributed by atoms with Gasteiger partial charge in [-0.2, -0.15) is 0 Å². The molecule has 2 aliphatic heterocycles. The molecule has 0 spiro atoms.